The first kappa shape index (κ1) is 12.4. The van der Waals surface area contributed by atoms with Crippen molar-refractivity contribution in [3.05, 3.63) is 41.7 Å². The molecule has 0 atom stereocenters. The molecule has 2 aromatic rings. The van der Waals surface area contributed by atoms with E-state index in [1.165, 1.54) is 12.3 Å². The molecule has 8 nitrogen and oxygen atoms in total. The fourth-order valence-corrected chi connectivity index (χ4v) is 3.11. The van der Waals surface area contributed by atoms with Crippen LogP contribution in [0.4, 0.5) is 5.69 Å². The van der Waals surface area contributed by atoms with E-state index < -0.39 is 16.0 Å². The van der Waals surface area contributed by atoms with Gasteiger partial charge in [0.25, 0.3) is 10.0 Å². The highest BCUT2D eigenvalue weighted by Crippen LogP contribution is 2.27. The number of carboxylic acids is 1. The molecule has 0 unspecified atom stereocenters. The van der Waals surface area contributed by atoms with E-state index in [9.17, 15) is 13.2 Å². The maximum Gasteiger partial charge on any atom is 0.358 e. The van der Waals surface area contributed by atoms with Crippen molar-refractivity contribution < 1.29 is 18.3 Å². The van der Waals surface area contributed by atoms with Crippen LogP contribution in [0.2, 0.25) is 0 Å². The van der Waals surface area contributed by atoms with Crippen LogP contribution in [0.1, 0.15) is 16.1 Å². The molecule has 20 heavy (non-hydrogen) atoms. The molecule has 2 heterocycles. The van der Waals surface area contributed by atoms with Gasteiger partial charge < -0.3 is 10.8 Å². The minimum atomic E-state index is -3.79. The summed E-state index contributed by atoms with van der Waals surface area (Å²) in [5.41, 5.74) is 5.46. The molecular weight excluding hydrogens is 284 g/mol. The Bertz CT molecular complexity index is 866. The van der Waals surface area contributed by atoms with Gasteiger partial charge in [-0.15, -0.1) is 4.40 Å². The van der Waals surface area contributed by atoms with E-state index in [2.05, 4.69) is 9.50 Å². The summed E-state index contributed by atoms with van der Waals surface area (Å²) in [6, 6.07) is 6.22. The molecule has 0 spiro atoms. The Balaban J connectivity index is 2.22. The maximum atomic E-state index is 11.9. The van der Waals surface area contributed by atoms with Crippen molar-refractivity contribution in [2.75, 3.05) is 5.73 Å². The summed E-state index contributed by atoms with van der Waals surface area (Å²) in [4.78, 5) is 11.0. The lowest BCUT2D eigenvalue weighted by Gasteiger charge is -2.00. The van der Waals surface area contributed by atoms with Gasteiger partial charge in [-0.3, -0.25) is 0 Å². The number of nitrogen functional groups attached to an aromatic ring is 1. The number of fused-ring (bicyclic) bond motifs is 1. The van der Waals surface area contributed by atoms with Crippen LogP contribution >= 0.6 is 0 Å². The number of hydrogen-bond acceptors (Lipinski definition) is 5. The molecule has 1 aliphatic rings. The topological polar surface area (TPSA) is 128 Å². The number of aromatic nitrogens is 2. The van der Waals surface area contributed by atoms with Gasteiger partial charge in [-0.1, -0.05) is 12.1 Å². The van der Waals surface area contributed by atoms with Gasteiger partial charge in [0, 0.05) is 5.56 Å². The second-order valence-corrected chi connectivity index (χ2v) is 5.64. The van der Waals surface area contributed by atoms with Crippen molar-refractivity contribution in [2.45, 2.75) is 4.90 Å². The molecule has 0 saturated heterocycles. The first-order valence-corrected chi connectivity index (χ1v) is 6.87. The van der Waals surface area contributed by atoms with Crippen LogP contribution in [0.25, 0.3) is 0 Å². The van der Waals surface area contributed by atoms with E-state index in [-0.39, 0.29) is 22.1 Å². The highest BCUT2D eigenvalue weighted by atomic mass is 32.2. The Morgan fingerprint density at radius 2 is 2.00 bits per heavy atom. The quantitative estimate of drug-likeness (QED) is 0.770. The van der Waals surface area contributed by atoms with Gasteiger partial charge in [-0.2, -0.15) is 13.5 Å². The number of carboxylic acid groups (broad SMARTS) is 1. The third kappa shape index (κ3) is 1.67. The molecule has 1 aromatic carbocycles. The van der Waals surface area contributed by atoms with Crippen molar-refractivity contribution in [3.8, 4) is 0 Å². The predicted molar refractivity (Wildman–Crippen MR) is 69.2 cm³/mol. The van der Waals surface area contributed by atoms with Crippen LogP contribution in [0.3, 0.4) is 0 Å². The second-order valence-electron chi connectivity index (χ2n) is 4.07. The zero-order valence-corrected chi connectivity index (χ0v) is 10.7. The molecule has 0 aliphatic carbocycles. The van der Waals surface area contributed by atoms with Gasteiger partial charge >= 0.3 is 5.97 Å². The van der Waals surface area contributed by atoms with Crippen LogP contribution in [0.15, 0.2) is 39.8 Å². The Kier molecular flexibility index (Phi) is 2.41. The van der Waals surface area contributed by atoms with Gasteiger partial charge in [0.15, 0.2) is 11.5 Å². The number of hydrogen-bond donors (Lipinski definition) is 2. The van der Waals surface area contributed by atoms with Crippen molar-refractivity contribution in [1.82, 2.24) is 9.78 Å². The first-order chi connectivity index (χ1) is 9.40. The molecule has 0 bridgehead atoms. The van der Waals surface area contributed by atoms with Crippen LogP contribution in [0.5, 0.6) is 0 Å². The molecular formula is C11H8N4O4S. The third-order valence-corrected chi connectivity index (χ3v) is 4.10. The van der Waals surface area contributed by atoms with Crippen molar-refractivity contribution in [3.63, 3.8) is 0 Å². The minimum Gasteiger partial charge on any atom is -0.476 e. The fourth-order valence-electron chi connectivity index (χ4n) is 1.92. The molecule has 0 radical (unpaired) electrons. The number of carbonyl (C=O) groups is 1. The first-order valence-electron chi connectivity index (χ1n) is 5.43. The van der Waals surface area contributed by atoms with Gasteiger partial charge in [-0.05, 0) is 12.1 Å². The zero-order valence-electron chi connectivity index (χ0n) is 9.89. The third-order valence-electron chi connectivity index (χ3n) is 2.77. The maximum absolute atomic E-state index is 11.9. The second kappa shape index (κ2) is 3.90. The van der Waals surface area contributed by atoms with Gasteiger partial charge in [0.2, 0.25) is 0 Å². The largest absolute Gasteiger partial charge is 0.476 e. The molecule has 0 saturated carbocycles. The lowest BCUT2D eigenvalue weighted by Crippen LogP contribution is -2.13. The fraction of sp³-hybridized carbons (Fsp3) is 0. The van der Waals surface area contributed by atoms with Crippen LogP contribution in [0, 0.1) is 0 Å². The van der Waals surface area contributed by atoms with E-state index >= 15 is 0 Å². The monoisotopic (exact) mass is 292 g/mol. The molecule has 1 aliphatic heterocycles. The smallest absolute Gasteiger partial charge is 0.358 e. The Morgan fingerprint density at radius 3 is 2.65 bits per heavy atom. The number of nitrogens with two attached hydrogens (primary N) is 1. The van der Waals surface area contributed by atoms with Crippen LogP contribution < -0.4 is 5.73 Å². The van der Waals surface area contributed by atoms with Crippen LogP contribution in [-0.4, -0.2) is 35.1 Å². The van der Waals surface area contributed by atoms with Crippen molar-refractivity contribution >= 4 is 27.5 Å². The van der Waals surface area contributed by atoms with Gasteiger partial charge in [0.1, 0.15) is 4.90 Å². The average molecular weight is 292 g/mol. The summed E-state index contributed by atoms with van der Waals surface area (Å²) in [7, 11) is -3.79. The number of nitrogens with zero attached hydrogens (tertiary/aromatic N) is 3. The van der Waals surface area contributed by atoms with Crippen LogP contribution in [-0.2, 0) is 10.0 Å². The zero-order chi connectivity index (χ0) is 14.5. The highest BCUT2D eigenvalue weighted by molar-refractivity contribution is 7.90. The molecule has 0 amide bonds. The summed E-state index contributed by atoms with van der Waals surface area (Å²) in [5.74, 6) is -1.27. The highest BCUT2D eigenvalue weighted by Gasteiger charge is 2.30. The van der Waals surface area contributed by atoms with Crippen molar-refractivity contribution in [1.29, 1.82) is 0 Å². The van der Waals surface area contributed by atoms with E-state index in [4.69, 9.17) is 10.8 Å². The molecule has 3 rings (SSSR count). The number of sulfonamides is 1. The van der Waals surface area contributed by atoms with E-state index in [0.29, 0.717) is 5.56 Å². The number of benzene rings is 1. The molecule has 9 heteroatoms. The number of aromatic carboxylic acids is 1. The summed E-state index contributed by atoms with van der Waals surface area (Å²) in [6.45, 7) is 0. The SMILES string of the molecule is Nc1cn(C2=NS(=O)(=O)c3ccccc32)nc1C(=O)O. The summed E-state index contributed by atoms with van der Waals surface area (Å²) < 4.78 is 28.4. The predicted octanol–water partition coefficient (Wildman–Crippen LogP) is 0.161. The summed E-state index contributed by atoms with van der Waals surface area (Å²) in [5, 5.41) is 12.7. The summed E-state index contributed by atoms with van der Waals surface area (Å²) >= 11 is 0. The molecule has 102 valence electrons. The average Bonchev–Trinajstić information content (AvgIpc) is 2.89. The standard InChI is InChI=1S/C11H8N4O4S/c12-7-5-15(13-9(7)11(16)17)10-6-3-1-2-4-8(6)20(18,19)14-10/h1-5H,12H2,(H,16,17). The molecule has 1 aromatic heterocycles. The van der Waals surface area contributed by atoms with Gasteiger partial charge in [-0.25, -0.2) is 9.48 Å². The normalized spacial score (nSPS) is 15.7. The number of anilines is 1. The Morgan fingerprint density at radius 1 is 1.30 bits per heavy atom. The van der Waals surface area contributed by atoms with Gasteiger partial charge in [0.05, 0.1) is 11.9 Å². The summed E-state index contributed by atoms with van der Waals surface area (Å²) in [6.07, 6.45) is 1.22. The Hall–Kier alpha value is -2.68. The minimum absolute atomic E-state index is 0.0276. The lowest BCUT2D eigenvalue weighted by atomic mass is 10.2. The van der Waals surface area contributed by atoms with Crippen molar-refractivity contribution in [2.24, 2.45) is 4.40 Å². The van der Waals surface area contributed by atoms with E-state index in [0.717, 1.165) is 4.68 Å². The van der Waals surface area contributed by atoms with E-state index in [1.54, 1.807) is 18.2 Å². The lowest BCUT2D eigenvalue weighted by molar-refractivity contribution is 0.0691. The molecule has 0 fully saturated rings. The molecule has 3 N–H and O–H groups in total. The number of rotatable bonds is 1. The van der Waals surface area contributed by atoms with E-state index in [1.807, 2.05) is 0 Å². The Labute approximate surface area is 113 Å².